The van der Waals surface area contributed by atoms with Gasteiger partial charge in [-0.1, -0.05) is 0 Å². The van der Waals surface area contributed by atoms with Crippen molar-refractivity contribution >= 4 is 16.9 Å². The van der Waals surface area contributed by atoms with Gasteiger partial charge >= 0.3 is 6.18 Å². The molecule has 7 nitrogen and oxygen atoms in total. The Morgan fingerprint density at radius 3 is 2.53 bits per heavy atom. The predicted molar refractivity (Wildman–Crippen MR) is 112 cm³/mol. The fraction of sp³-hybridized carbons (Fsp3) is 0.545. The number of hydrogen-bond acceptors (Lipinski definition) is 6. The van der Waals surface area contributed by atoms with Crippen LogP contribution in [0.5, 0.6) is 0 Å². The normalized spacial score (nSPS) is 24.1. The summed E-state index contributed by atoms with van der Waals surface area (Å²) < 4.78 is 47.0. The minimum absolute atomic E-state index is 0.0467. The van der Waals surface area contributed by atoms with Gasteiger partial charge in [0.1, 0.15) is 17.4 Å². The first-order chi connectivity index (χ1) is 15.2. The molecule has 2 fully saturated rings. The largest absolute Gasteiger partial charge is 0.391 e. The molecule has 1 atom stereocenters. The molecule has 1 aliphatic carbocycles. The van der Waals surface area contributed by atoms with Gasteiger partial charge in [0.05, 0.1) is 41.3 Å². The van der Waals surface area contributed by atoms with E-state index < -0.39 is 12.1 Å². The van der Waals surface area contributed by atoms with Crippen molar-refractivity contribution in [1.29, 1.82) is 0 Å². The SMILES string of the molecule is Cc1nc2cc(N3CCOC(c4cnn(C)c4)C3)nc(C3CC(C(F)(F)F)C3)c2nc1C. The molecule has 1 saturated heterocycles. The Morgan fingerprint density at radius 1 is 1.09 bits per heavy atom. The van der Waals surface area contributed by atoms with Gasteiger partial charge in [0.15, 0.2) is 0 Å². The number of rotatable bonds is 3. The Balaban J connectivity index is 1.50. The monoisotopic (exact) mass is 446 g/mol. The number of anilines is 1. The van der Waals surface area contributed by atoms with Crippen molar-refractivity contribution in [1.82, 2.24) is 24.7 Å². The smallest absolute Gasteiger partial charge is 0.370 e. The topological polar surface area (TPSA) is 69.0 Å². The Bertz CT molecular complexity index is 1150. The molecule has 0 aromatic carbocycles. The first-order valence-electron chi connectivity index (χ1n) is 10.8. The molecule has 0 bridgehead atoms. The zero-order chi connectivity index (χ0) is 22.6. The average molecular weight is 446 g/mol. The third-order valence-corrected chi connectivity index (χ3v) is 6.55. The molecule has 0 amide bonds. The summed E-state index contributed by atoms with van der Waals surface area (Å²) in [5, 5.41) is 4.22. The van der Waals surface area contributed by atoms with E-state index in [0.29, 0.717) is 42.2 Å². The van der Waals surface area contributed by atoms with Crippen LogP contribution in [-0.4, -0.2) is 50.6 Å². The lowest BCUT2D eigenvalue weighted by molar-refractivity contribution is -0.197. The van der Waals surface area contributed by atoms with Crippen LogP contribution >= 0.6 is 0 Å². The average Bonchev–Trinajstić information content (AvgIpc) is 3.13. The second-order valence-corrected chi connectivity index (χ2v) is 8.79. The third-order valence-electron chi connectivity index (χ3n) is 6.55. The first-order valence-corrected chi connectivity index (χ1v) is 10.8. The predicted octanol–water partition coefficient (Wildman–Crippen LogP) is 4.01. The summed E-state index contributed by atoms with van der Waals surface area (Å²) in [6.45, 7) is 5.49. The molecule has 1 aliphatic heterocycles. The number of fused-ring (bicyclic) bond motifs is 1. The van der Waals surface area contributed by atoms with Crippen LogP contribution in [0.3, 0.4) is 0 Å². The van der Waals surface area contributed by atoms with Crippen LogP contribution in [0.2, 0.25) is 0 Å². The van der Waals surface area contributed by atoms with Crippen molar-refractivity contribution in [3.8, 4) is 0 Å². The number of morpholine rings is 1. The van der Waals surface area contributed by atoms with Gasteiger partial charge in [-0.2, -0.15) is 18.3 Å². The summed E-state index contributed by atoms with van der Waals surface area (Å²) in [4.78, 5) is 16.3. The van der Waals surface area contributed by atoms with Crippen molar-refractivity contribution in [2.24, 2.45) is 13.0 Å². The number of nitrogens with zero attached hydrogens (tertiary/aromatic N) is 6. The highest BCUT2D eigenvalue weighted by Gasteiger charge is 2.49. The third kappa shape index (κ3) is 3.80. The van der Waals surface area contributed by atoms with Crippen molar-refractivity contribution in [3.63, 3.8) is 0 Å². The number of alkyl halides is 3. The van der Waals surface area contributed by atoms with Crippen LogP contribution in [0.1, 0.15) is 47.5 Å². The van der Waals surface area contributed by atoms with Crippen LogP contribution in [0, 0.1) is 19.8 Å². The second-order valence-electron chi connectivity index (χ2n) is 8.79. The van der Waals surface area contributed by atoms with Crippen molar-refractivity contribution in [2.45, 2.75) is 44.9 Å². The molecule has 4 heterocycles. The summed E-state index contributed by atoms with van der Waals surface area (Å²) in [7, 11) is 1.86. The van der Waals surface area contributed by atoms with Gasteiger partial charge in [-0.15, -0.1) is 0 Å². The van der Waals surface area contributed by atoms with Crippen molar-refractivity contribution < 1.29 is 17.9 Å². The number of hydrogen-bond donors (Lipinski definition) is 0. The molecule has 0 spiro atoms. The maximum Gasteiger partial charge on any atom is 0.391 e. The number of halogens is 3. The molecule has 32 heavy (non-hydrogen) atoms. The van der Waals surface area contributed by atoms with E-state index in [1.54, 1.807) is 10.9 Å². The molecule has 3 aromatic heterocycles. The Labute approximate surface area is 183 Å². The minimum Gasteiger partial charge on any atom is -0.370 e. The van der Waals surface area contributed by atoms with Gasteiger partial charge in [-0.25, -0.2) is 15.0 Å². The maximum atomic E-state index is 13.1. The summed E-state index contributed by atoms with van der Waals surface area (Å²) in [6, 6.07) is 1.89. The quantitative estimate of drug-likeness (QED) is 0.606. The molecule has 1 unspecified atom stereocenters. The van der Waals surface area contributed by atoms with E-state index in [1.807, 2.05) is 33.2 Å². The minimum atomic E-state index is -4.16. The Morgan fingerprint density at radius 2 is 1.84 bits per heavy atom. The standard InChI is InChI=1S/C22H25F3N6O/c1-12-13(2)28-21-17(27-12)8-19(29-20(21)14-6-16(7-14)22(23,24)25)31-4-5-32-18(11-31)15-9-26-30(3)10-15/h8-10,14,16,18H,4-7,11H2,1-3H3. The summed E-state index contributed by atoms with van der Waals surface area (Å²) in [5.41, 5.74) is 4.46. The first kappa shape index (κ1) is 21.1. The van der Waals surface area contributed by atoms with Gasteiger partial charge in [0.2, 0.25) is 0 Å². The number of aromatic nitrogens is 5. The lowest BCUT2D eigenvalue weighted by Gasteiger charge is -2.37. The molecule has 0 N–H and O–H groups in total. The molecule has 3 aromatic rings. The van der Waals surface area contributed by atoms with E-state index in [-0.39, 0.29) is 24.9 Å². The van der Waals surface area contributed by atoms with Crippen LogP contribution in [-0.2, 0) is 11.8 Å². The van der Waals surface area contributed by atoms with Gasteiger partial charge < -0.3 is 9.64 Å². The fourth-order valence-electron chi connectivity index (χ4n) is 4.46. The summed E-state index contributed by atoms with van der Waals surface area (Å²) in [6.07, 6.45) is -0.505. The molecule has 1 saturated carbocycles. The lowest BCUT2D eigenvalue weighted by atomic mass is 9.72. The van der Waals surface area contributed by atoms with Gasteiger partial charge in [-0.3, -0.25) is 4.68 Å². The molecular weight excluding hydrogens is 421 g/mol. The summed E-state index contributed by atoms with van der Waals surface area (Å²) in [5.74, 6) is -0.834. The van der Waals surface area contributed by atoms with E-state index in [1.165, 1.54) is 0 Å². The fourth-order valence-corrected chi connectivity index (χ4v) is 4.46. The second kappa shape index (κ2) is 7.68. The molecular formula is C22H25F3N6O. The zero-order valence-corrected chi connectivity index (χ0v) is 18.2. The van der Waals surface area contributed by atoms with Crippen LogP contribution < -0.4 is 4.90 Å². The maximum absolute atomic E-state index is 13.1. The van der Waals surface area contributed by atoms with E-state index >= 15 is 0 Å². The van der Waals surface area contributed by atoms with Gasteiger partial charge in [0, 0.05) is 43.9 Å². The molecule has 10 heteroatoms. The number of aryl methyl sites for hydroxylation is 3. The highest BCUT2D eigenvalue weighted by Crippen LogP contribution is 2.50. The molecule has 0 radical (unpaired) electrons. The van der Waals surface area contributed by atoms with Gasteiger partial charge in [0.25, 0.3) is 0 Å². The van der Waals surface area contributed by atoms with E-state index in [4.69, 9.17) is 9.72 Å². The summed E-state index contributed by atoms with van der Waals surface area (Å²) >= 11 is 0. The Kier molecular flexibility index (Phi) is 5.07. The number of ether oxygens (including phenoxy) is 1. The van der Waals surface area contributed by atoms with Crippen molar-refractivity contribution in [3.05, 3.63) is 41.1 Å². The Hall–Kier alpha value is -2.75. The zero-order valence-electron chi connectivity index (χ0n) is 18.2. The highest BCUT2D eigenvalue weighted by atomic mass is 19.4. The van der Waals surface area contributed by atoms with Crippen LogP contribution in [0.4, 0.5) is 19.0 Å². The number of pyridine rings is 1. The van der Waals surface area contributed by atoms with Crippen LogP contribution in [0.15, 0.2) is 18.5 Å². The molecule has 170 valence electrons. The molecule has 2 aliphatic rings. The van der Waals surface area contributed by atoms with E-state index in [0.717, 1.165) is 17.0 Å². The van der Waals surface area contributed by atoms with Gasteiger partial charge in [-0.05, 0) is 26.7 Å². The highest BCUT2D eigenvalue weighted by molar-refractivity contribution is 5.80. The van der Waals surface area contributed by atoms with E-state index in [2.05, 4.69) is 20.0 Å². The van der Waals surface area contributed by atoms with E-state index in [9.17, 15) is 13.2 Å². The van der Waals surface area contributed by atoms with Crippen molar-refractivity contribution in [2.75, 3.05) is 24.6 Å². The molecule has 5 rings (SSSR count). The van der Waals surface area contributed by atoms with Crippen LogP contribution in [0.25, 0.3) is 11.0 Å². The lowest BCUT2D eigenvalue weighted by Crippen LogP contribution is -2.39.